The summed E-state index contributed by atoms with van der Waals surface area (Å²) >= 11 is 0. The summed E-state index contributed by atoms with van der Waals surface area (Å²) in [6.45, 7) is 8.29. The Labute approximate surface area is 140 Å². The van der Waals surface area contributed by atoms with Gasteiger partial charge < -0.3 is 5.32 Å². The van der Waals surface area contributed by atoms with Gasteiger partial charge in [0.1, 0.15) is 6.67 Å². The van der Waals surface area contributed by atoms with E-state index < -0.39 is 0 Å². The zero-order valence-corrected chi connectivity index (χ0v) is 14.7. The van der Waals surface area contributed by atoms with E-state index in [9.17, 15) is 4.39 Å². The molecule has 3 unspecified atom stereocenters. The zero-order chi connectivity index (χ0) is 16.7. The molecule has 2 aliphatic rings. The fraction of sp³-hybridized carbons (Fsp3) is 0.650. The standard InChI is InChI=1S/C20H29FN2/c1-4-22-16(2)13-18-14-19(23-15-18)20(3)10-8-17(9-11-20)7-5-6-12-21/h8-10,16,18,22H,4,6,11-15H2,1-3H3. The van der Waals surface area contributed by atoms with Crippen molar-refractivity contribution in [1.82, 2.24) is 5.32 Å². The van der Waals surface area contributed by atoms with Gasteiger partial charge in [0, 0.05) is 35.7 Å². The van der Waals surface area contributed by atoms with E-state index in [1.54, 1.807) is 0 Å². The third kappa shape index (κ3) is 5.04. The van der Waals surface area contributed by atoms with Crippen molar-refractivity contribution in [3.8, 4) is 11.8 Å². The fourth-order valence-electron chi connectivity index (χ4n) is 3.40. The third-order valence-electron chi connectivity index (χ3n) is 4.75. The topological polar surface area (TPSA) is 24.4 Å². The van der Waals surface area contributed by atoms with Crippen molar-refractivity contribution >= 4 is 5.71 Å². The number of alkyl halides is 1. The molecule has 3 atom stereocenters. The van der Waals surface area contributed by atoms with Crippen LogP contribution in [-0.2, 0) is 0 Å². The second-order valence-electron chi connectivity index (χ2n) is 6.91. The van der Waals surface area contributed by atoms with Crippen LogP contribution < -0.4 is 5.32 Å². The first kappa shape index (κ1) is 17.9. The minimum absolute atomic E-state index is 0.0292. The largest absolute Gasteiger partial charge is 0.315 e. The predicted octanol–water partition coefficient (Wildman–Crippen LogP) is 4.09. The first-order valence-electron chi connectivity index (χ1n) is 8.79. The van der Waals surface area contributed by atoms with Crippen molar-refractivity contribution in [1.29, 1.82) is 0 Å². The lowest BCUT2D eigenvalue weighted by atomic mass is 9.75. The number of hydrogen-bond acceptors (Lipinski definition) is 2. The van der Waals surface area contributed by atoms with Crippen LogP contribution in [0.3, 0.4) is 0 Å². The van der Waals surface area contributed by atoms with Crippen LogP contribution in [0.1, 0.15) is 46.5 Å². The highest BCUT2D eigenvalue weighted by Crippen LogP contribution is 2.36. The first-order valence-corrected chi connectivity index (χ1v) is 8.79. The van der Waals surface area contributed by atoms with Crippen molar-refractivity contribution in [3.05, 3.63) is 23.8 Å². The monoisotopic (exact) mass is 316 g/mol. The number of halogens is 1. The lowest BCUT2D eigenvalue weighted by Crippen LogP contribution is -2.29. The highest BCUT2D eigenvalue weighted by molar-refractivity contribution is 5.93. The van der Waals surface area contributed by atoms with E-state index in [4.69, 9.17) is 4.99 Å². The molecule has 0 bridgehead atoms. The van der Waals surface area contributed by atoms with E-state index in [2.05, 4.69) is 56.2 Å². The van der Waals surface area contributed by atoms with Crippen LogP contribution in [0.4, 0.5) is 4.39 Å². The van der Waals surface area contributed by atoms with E-state index in [1.807, 2.05) is 0 Å². The van der Waals surface area contributed by atoms with Crippen LogP contribution in [0, 0.1) is 23.2 Å². The molecule has 3 heteroatoms. The van der Waals surface area contributed by atoms with Crippen LogP contribution in [0.5, 0.6) is 0 Å². The maximum atomic E-state index is 12.1. The number of nitrogens with one attached hydrogen (secondary N) is 1. The number of allylic oxidation sites excluding steroid dienone is 4. The van der Waals surface area contributed by atoms with Gasteiger partial charge in [-0.3, -0.25) is 9.38 Å². The summed E-state index contributed by atoms with van der Waals surface area (Å²) in [5.74, 6) is 6.56. The molecular formula is C20H29FN2. The lowest BCUT2D eigenvalue weighted by Gasteiger charge is -2.28. The van der Waals surface area contributed by atoms with Crippen LogP contribution in [0.25, 0.3) is 0 Å². The number of rotatable bonds is 6. The van der Waals surface area contributed by atoms with Crippen LogP contribution in [0.15, 0.2) is 28.8 Å². The van der Waals surface area contributed by atoms with E-state index in [0.29, 0.717) is 18.4 Å². The fourth-order valence-corrected chi connectivity index (χ4v) is 3.40. The number of aliphatic imine (C=N–C) groups is 1. The second-order valence-corrected chi connectivity index (χ2v) is 6.91. The Hall–Kier alpha value is -1.40. The predicted molar refractivity (Wildman–Crippen MR) is 96.5 cm³/mol. The molecule has 0 aromatic rings. The van der Waals surface area contributed by atoms with E-state index in [1.165, 1.54) is 12.1 Å². The summed E-state index contributed by atoms with van der Waals surface area (Å²) in [5, 5.41) is 3.49. The number of hydrogen-bond donors (Lipinski definition) is 1. The molecule has 1 aliphatic heterocycles. The molecule has 0 saturated carbocycles. The molecule has 126 valence electrons. The molecule has 23 heavy (non-hydrogen) atoms. The average Bonchev–Trinajstić information content (AvgIpc) is 2.99. The lowest BCUT2D eigenvalue weighted by molar-refractivity contribution is 0.428. The molecule has 2 rings (SSSR count). The minimum atomic E-state index is -0.370. The first-order chi connectivity index (χ1) is 11.1. The zero-order valence-electron chi connectivity index (χ0n) is 14.7. The summed E-state index contributed by atoms with van der Waals surface area (Å²) in [5.41, 5.74) is 2.36. The van der Waals surface area contributed by atoms with Gasteiger partial charge in [0.05, 0.1) is 0 Å². The van der Waals surface area contributed by atoms with Crippen LogP contribution in [0.2, 0.25) is 0 Å². The molecule has 1 aliphatic carbocycles. The van der Waals surface area contributed by atoms with Gasteiger partial charge in [-0.1, -0.05) is 37.8 Å². The van der Waals surface area contributed by atoms with Gasteiger partial charge in [-0.25, -0.2) is 0 Å². The van der Waals surface area contributed by atoms with Crippen molar-refractivity contribution in [2.24, 2.45) is 16.3 Å². The van der Waals surface area contributed by atoms with Gasteiger partial charge in [-0.15, -0.1) is 0 Å². The minimum Gasteiger partial charge on any atom is -0.315 e. The molecule has 0 aromatic heterocycles. The molecule has 0 saturated heterocycles. The molecule has 1 heterocycles. The molecule has 0 aromatic carbocycles. The van der Waals surface area contributed by atoms with E-state index >= 15 is 0 Å². The Morgan fingerprint density at radius 2 is 2.35 bits per heavy atom. The molecular weight excluding hydrogens is 287 g/mol. The molecule has 0 spiro atoms. The van der Waals surface area contributed by atoms with Crippen molar-refractivity contribution in [2.45, 2.75) is 52.5 Å². The smallest absolute Gasteiger partial charge is 0.100 e. The second kappa shape index (κ2) is 8.45. The van der Waals surface area contributed by atoms with Gasteiger partial charge in [0.15, 0.2) is 0 Å². The summed E-state index contributed by atoms with van der Waals surface area (Å²) in [7, 11) is 0. The van der Waals surface area contributed by atoms with Crippen molar-refractivity contribution < 1.29 is 4.39 Å². The van der Waals surface area contributed by atoms with Gasteiger partial charge in [-0.2, -0.15) is 0 Å². The third-order valence-corrected chi connectivity index (χ3v) is 4.75. The molecule has 0 fully saturated rings. The maximum Gasteiger partial charge on any atom is 0.100 e. The number of nitrogens with zero attached hydrogens (tertiary/aromatic N) is 1. The molecule has 2 nitrogen and oxygen atoms in total. The van der Waals surface area contributed by atoms with Crippen LogP contribution >= 0.6 is 0 Å². The quantitative estimate of drug-likeness (QED) is 0.733. The van der Waals surface area contributed by atoms with Gasteiger partial charge in [0.2, 0.25) is 0 Å². The average molecular weight is 316 g/mol. The Balaban J connectivity index is 1.89. The summed E-state index contributed by atoms with van der Waals surface area (Å²) in [6.07, 6.45) is 10.0. The summed E-state index contributed by atoms with van der Waals surface area (Å²) in [4.78, 5) is 4.85. The Kier molecular flexibility index (Phi) is 6.59. The molecule has 0 amide bonds. The maximum absolute atomic E-state index is 12.1. The van der Waals surface area contributed by atoms with Gasteiger partial charge >= 0.3 is 0 Å². The molecule has 0 radical (unpaired) electrons. The normalized spacial score (nSPS) is 27.9. The Morgan fingerprint density at radius 1 is 1.52 bits per heavy atom. The highest BCUT2D eigenvalue weighted by atomic mass is 19.1. The Bertz CT molecular complexity index is 550. The highest BCUT2D eigenvalue weighted by Gasteiger charge is 2.33. The molecule has 1 N–H and O–H groups in total. The van der Waals surface area contributed by atoms with Crippen molar-refractivity contribution in [2.75, 3.05) is 19.8 Å². The van der Waals surface area contributed by atoms with E-state index in [0.717, 1.165) is 31.5 Å². The summed E-state index contributed by atoms with van der Waals surface area (Å²) in [6, 6.07) is 0.562. The summed E-state index contributed by atoms with van der Waals surface area (Å²) < 4.78 is 12.1. The van der Waals surface area contributed by atoms with Gasteiger partial charge in [0.25, 0.3) is 0 Å². The van der Waals surface area contributed by atoms with Crippen molar-refractivity contribution in [3.63, 3.8) is 0 Å². The van der Waals surface area contributed by atoms with E-state index in [-0.39, 0.29) is 12.1 Å². The SMILES string of the molecule is CCNC(C)CC1CN=C(C2(C)C=CC(C#CCCF)=CC2)C1. The Morgan fingerprint density at radius 3 is 3.00 bits per heavy atom. The van der Waals surface area contributed by atoms with Gasteiger partial charge in [-0.05, 0) is 44.7 Å². The van der Waals surface area contributed by atoms with Crippen LogP contribution in [-0.4, -0.2) is 31.5 Å².